The number of carbonyl (C=O) groups excluding carboxylic acids is 4. The van der Waals surface area contributed by atoms with Crippen LogP contribution in [0.2, 0.25) is 0 Å². The zero-order valence-corrected chi connectivity index (χ0v) is 24.7. The molecule has 1 aromatic heterocycles. The topological polar surface area (TPSA) is 106 Å². The van der Waals surface area contributed by atoms with Gasteiger partial charge in [-0.25, -0.2) is 4.85 Å². The first-order valence-corrected chi connectivity index (χ1v) is 14.5. The van der Waals surface area contributed by atoms with Crippen LogP contribution in [0.25, 0.3) is 22.0 Å². The summed E-state index contributed by atoms with van der Waals surface area (Å²) in [6.07, 6.45) is 3.57. The largest absolute Gasteiger partial charge is 0.372 e. The lowest BCUT2D eigenvalue weighted by Gasteiger charge is -2.34. The molecule has 0 radical (unpaired) electrons. The first-order valence-electron chi connectivity index (χ1n) is 13.7. The molecule has 0 unspecified atom stereocenters. The van der Waals surface area contributed by atoms with Crippen molar-refractivity contribution in [3.05, 3.63) is 98.7 Å². The van der Waals surface area contributed by atoms with Crippen LogP contribution < -0.4 is 4.90 Å². The molecule has 3 heterocycles. The van der Waals surface area contributed by atoms with Gasteiger partial charge in [-0.1, -0.05) is 48.0 Å². The predicted octanol–water partition coefficient (Wildman–Crippen LogP) is 6.07. The summed E-state index contributed by atoms with van der Waals surface area (Å²) in [6.45, 7) is 14.2. The van der Waals surface area contributed by atoms with Crippen LogP contribution in [-0.4, -0.2) is 46.7 Å². The van der Waals surface area contributed by atoms with Gasteiger partial charge in [0.15, 0.2) is 0 Å². The molecule has 2 aliphatic rings. The van der Waals surface area contributed by atoms with E-state index in [0.717, 1.165) is 49.0 Å². The number of rotatable bonds is 5. The molecule has 3 aromatic rings. The molecule has 0 saturated carbocycles. The lowest BCUT2D eigenvalue weighted by Crippen LogP contribution is -2.57. The molecule has 5 rings (SSSR count). The third-order valence-electron chi connectivity index (χ3n) is 7.44. The summed E-state index contributed by atoms with van der Waals surface area (Å²) in [5.74, 6) is -3.73. The van der Waals surface area contributed by atoms with Crippen LogP contribution in [0.15, 0.2) is 71.3 Å². The Morgan fingerprint density at radius 2 is 1.67 bits per heavy atom. The number of benzene rings is 2. The van der Waals surface area contributed by atoms with E-state index in [2.05, 4.69) is 9.74 Å². The van der Waals surface area contributed by atoms with Gasteiger partial charge in [-0.3, -0.25) is 19.2 Å². The van der Waals surface area contributed by atoms with E-state index in [9.17, 15) is 24.4 Å². The third kappa shape index (κ3) is 5.25. The molecule has 43 heavy (non-hydrogen) atoms. The van der Waals surface area contributed by atoms with Gasteiger partial charge < -0.3 is 4.90 Å². The van der Waals surface area contributed by atoms with Gasteiger partial charge in [-0.05, 0) is 56.0 Å². The maximum absolute atomic E-state index is 14.1. The molecule has 0 bridgehead atoms. The maximum atomic E-state index is 14.1. The van der Waals surface area contributed by atoms with Crippen LogP contribution in [0.4, 0.5) is 10.7 Å². The van der Waals surface area contributed by atoms with Gasteiger partial charge in [0.1, 0.15) is 11.6 Å². The van der Waals surface area contributed by atoms with Gasteiger partial charge in [0.05, 0.1) is 11.6 Å². The molecule has 1 fully saturated rings. The van der Waals surface area contributed by atoms with Crippen molar-refractivity contribution >= 4 is 51.7 Å². The number of carbonyl (C=O) groups is 4. The van der Waals surface area contributed by atoms with Crippen LogP contribution in [-0.2, 0) is 14.4 Å². The Kier molecular flexibility index (Phi) is 8.07. The Hall–Kier alpha value is -5.32. The standard InChI is InChI=1S/C33H27N5O4S/c1-20-12-14-23(15-13-20)28-27(43-33(29(28)35-4)36-16-8-9-17-36)18-25-21(2)26(19-34)32(42)38(31(25)41)37(22(3)39)30(40)24-10-6-5-7-11-24/h5-7,10-15,18H,8-9,16-17H2,1-3H3. The van der Waals surface area contributed by atoms with Crippen molar-refractivity contribution in [2.24, 2.45) is 0 Å². The van der Waals surface area contributed by atoms with Crippen molar-refractivity contribution in [3.63, 3.8) is 0 Å². The third-order valence-corrected chi connectivity index (χ3v) is 8.63. The molecular formula is C33H27N5O4S. The average molecular weight is 590 g/mol. The van der Waals surface area contributed by atoms with Crippen molar-refractivity contribution in [1.82, 2.24) is 10.0 Å². The molecule has 9 nitrogen and oxygen atoms in total. The van der Waals surface area contributed by atoms with E-state index in [1.807, 2.05) is 37.3 Å². The zero-order valence-electron chi connectivity index (χ0n) is 23.9. The monoisotopic (exact) mass is 589 g/mol. The quantitative estimate of drug-likeness (QED) is 0.203. The van der Waals surface area contributed by atoms with Crippen LogP contribution in [0.5, 0.6) is 0 Å². The normalized spacial score (nSPS) is 16.0. The number of amides is 4. The van der Waals surface area contributed by atoms with Crippen molar-refractivity contribution < 1.29 is 19.2 Å². The zero-order chi connectivity index (χ0) is 30.8. The number of hydrogen-bond acceptors (Lipinski definition) is 7. The predicted molar refractivity (Wildman–Crippen MR) is 164 cm³/mol. The second-order valence-corrected chi connectivity index (χ2v) is 11.3. The molecule has 10 heteroatoms. The van der Waals surface area contributed by atoms with Crippen LogP contribution in [0.3, 0.4) is 0 Å². The van der Waals surface area contributed by atoms with E-state index >= 15 is 0 Å². The fourth-order valence-electron chi connectivity index (χ4n) is 5.23. The Balaban J connectivity index is 1.71. The average Bonchev–Trinajstić information content (AvgIpc) is 3.66. The van der Waals surface area contributed by atoms with Gasteiger partial charge in [0.2, 0.25) is 11.6 Å². The van der Waals surface area contributed by atoms with Gasteiger partial charge in [0, 0.05) is 41.6 Å². The van der Waals surface area contributed by atoms with Crippen LogP contribution >= 0.6 is 11.3 Å². The summed E-state index contributed by atoms with van der Waals surface area (Å²) in [4.78, 5) is 60.4. The highest BCUT2D eigenvalue weighted by molar-refractivity contribution is 7.18. The Morgan fingerprint density at radius 1 is 1.02 bits per heavy atom. The number of hydrogen-bond donors (Lipinski definition) is 0. The Morgan fingerprint density at radius 3 is 2.26 bits per heavy atom. The van der Waals surface area contributed by atoms with Gasteiger partial charge in [0.25, 0.3) is 17.7 Å². The molecule has 0 N–H and O–H groups in total. The second kappa shape index (κ2) is 11.9. The van der Waals surface area contributed by atoms with Gasteiger partial charge >= 0.3 is 0 Å². The van der Waals surface area contributed by atoms with E-state index in [1.54, 1.807) is 24.3 Å². The first-order chi connectivity index (χ1) is 20.7. The summed E-state index contributed by atoms with van der Waals surface area (Å²) < 4.78 is 0. The highest BCUT2D eigenvalue weighted by Gasteiger charge is 2.43. The lowest BCUT2D eigenvalue weighted by molar-refractivity contribution is -0.163. The fraction of sp³-hybridized carbons (Fsp3) is 0.212. The number of nitriles is 1. The van der Waals surface area contributed by atoms with Gasteiger partial charge in [-0.15, -0.1) is 11.3 Å². The van der Waals surface area contributed by atoms with Crippen molar-refractivity contribution in [2.75, 3.05) is 18.0 Å². The molecular weight excluding hydrogens is 562 g/mol. The first kappa shape index (κ1) is 29.2. The smallest absolute Gasteiger partial charge is 0.291 e. The Bertz CT molecular complexity index is 1800. The van der Waals surface area contributed by atoms with E-state index in [-0.39, 0.29) is 22.3 Å². The maximum Gasteiger partial charge on any atom is 0.291 e. The number of thiophene rings is 1. The number of hydrazine groups is 1. The molecule has 1 saturated heterocycles. The molecule has 4 amide bonds. The molecule has 0 atom stereocenters. The minimum absolute atomic E-state index is 0.0256. The lowest BCUT2D eigenvalue weighted by atomic mass is 9.94. The second-order valence-electron chi connectivity index (χ2n) is 10.3. The molecule has 2 aliphatic heterocycles. The molecule has 0 aliphatic carbocycles. The molecule has 2 aromatic carbocycles. The summed E-state index contributed by atoms with van der Waals surface area (Å²) >= 11 is 1.36. The van der Waals surface area contributed by atoms with Crippen LogP contribution in [0, 0.1) is 24.8 Å². The summed E-state index contributed by atoms with van der Waals surface area (Å²) in [6, 6.07) is 17.4. The summed E-state index contributed by atoms with van der Waals surface area (Å²) in [5, 5.41) is 11.7. The minimum Gasteiger partial charge on any atom is -0.372 e. The SMILES string of the molecule is [C-]#[N+]c1c(N2CCCC2)sc(C=C2C(=O)N(N(C(C)=O)C(=O)c3ccccc3)C(=O)C(C#N)=C2C)c1-c1ccc(C)cc1. The summed E-state index contributed by atoms with van der Waals surface area (Å²) in [7, 11) is 0. The minimum atomic E-state index is -1.06. The molecule has 0 spiro atoms. The van der Waals surface area contributed by atoms with Crippen molar-refractivity contribution in [1.29, 1.82) is 5.26 Å². The van der Waals surface area contributed by atoms with E-state index in [4.69, 9.17) is 6.57 Å². The highest BCUT2D eigenvalue weighted by atomic mass is 32.1. The van der Waals surface area contributed by atoms with Crippen molar-refractivity contribution in [3.8, 4) is 17.2 Å². The number of anilines is 1. The number of imide groups is 2. The van der Waals surface area contributed by atoms with E-state index < -0.39 is 23.6 Å². The van der Waals surface area contributed by atoms with Crippen LogP contribution in [0.1, 0.15) is 47.5 Å². The fourth-order valence-corrected chi connectivity index (χ4v) is 6.48. The van der Waals surface area contributed by atoms with Crippen molar-refractivity contribution in [2.45, 2.75) is 33.6 Å². The number of nitrogens with zero attached hydrogens (tertiary/aromatic N) is 5. The van der Waals surface area contributed by atoms with E-state index in [1.165, 1.54) is 30.4 Å². The van der Waals surface area contributed by atoms with Gasteiger partial charge in [-0.2, -0.15) is 15.3 Å². The Labute approximate surface area is 253 Å². The highest BCUT2D eigenvalue weighted by Crippen LogP contribution is 2.50. The molecule has 214 valence electrons. The summed E-state index contributed by atoms with van der Waals surface area (Å²) in [5.41, 5.74) is 2.76. The number of aryl methyl sites for hydroxylation is 1. The van der Waals surface area contributed by atoms with E-state index in [0.29, 0.717) is 26.1 Å².